The maximum Gasteiger partial charge on any atom is 0.329 e. The van der Waals surface area contributed by atoms with Crippen LogP contribution in [0.2, 0.25) is 0 Å². The predicted octanol–water partition coefficient (Wildman–Crippen LogP) is 3.27. The van der Waals surface area contributed by atoms with Gasteiger partial charge in [0.2, 0.25) is 0 Å². The third-order valence-electron chi connectivity index (χ3n) is 5.63. The van der Waals surface area contributed by atoms with Gasteiger partial charge in [-0.25, -0.2) is 4.79 Å². The van der Waals surface area contributed by atoms with Gasteiger partial charge in [0.15, 0.2) is 6.61 Å². The van der Waals surface area contributed by atoms with Crippen molar-refractivity contribution >= 4 is 17.8 Å². The van der Waals surface area contributed by atoms with Crippen molar-refractivity contribution in [2.75, 3.05) is 6.61 Å². The Kier molecular flexibility index (Phi) is 8.21. The fraction of sp³-hybridized carbons (Fsp3) is 0.400. The predicted molar refractivity (Wildman–Crippen MR) is 118 cm³/mol. The number of rotatable bonds is 8. The standard InChI is InChI=1S/C25H30N2O4/c1-18-12-14-21(15-13-18)26-23(28)17-31-25(30)22(16-19-8-4-2-5-9-19)27-24(29)20-10-6-3-7-11-20/h2-11,18,21-22H,12-17H2,1H3,(H,26,28)(H,27,29). The number of carbonyl (C=O) groups excluding carboxylic acids is 3. The van der Waals surface area contributed by atoms with Crippen LogP contribution in [0.25, 0.3) is 0 Å². The lowest BCUT2D eigenvalue weighted by Crippen LogP contribution is -2.45. The van der Waals surface area contributed by atoms with Crippen molar-refractivity contribution in [1.29, 1.82) is 0 Å². The van der Waals surface area contributed by atoms with Crippen molar-refractivity contribution in [2.45, 2.75) is 51.1 Å². The zero-order valence-electron chi connectivity index (χ0n) is 17.9. The molecule has 0 aromatic heterocycles. The molecule has 0 saturated heterocycles. The van der Waals surface area contributed by atoms with Gasteiger partial charge in [0.1, 0.15) is 6.04 Å². The van der Waals surface area contributed by atoms with E-state index < -0.39 is 12.0 Å². The molecule has 1 fully saturated rings. The molecule has 0 heterocycles. The van der Waals surface area contributed by atoms with Crippen LogP contribution < -0.4 is 10.6 Å². The van der Waals surface area contributed by atoms with Gasteiger partial charge < -0.3 is 15.4 Å². The SMILES string of the molecule is CC1CCC(NC(=O)COC(=O)C(Cc2ccccc2)NC(=O)c2ccccc2)CC1. The summed E-state index contributed by atoms with van der Waals surface area (Å²) >= 11 is 0. The second-order valence-corrected chi connectivity index (χ2v) is 8.21. The van der Waals surface area contributed by atoms with Gasteiger partial charge in [0, 0.05) is 18.0 Å². The fourth-order valence-corrected chi connectivity index (χ4v) is 3.79. The molecule has 164 valence electrons. The van der Waals surface area contributed by atoms with Crippen LogP contribution in [-0.2, 0) is 20.7 Å². The highest BCUT2D eigenvalue weighted by Gasteiger charge is 2.25. The maximum atomic E-state index is 12.7. The molecule has 2 N–H and O–H groups in total. The minimum atomic E-state index is -0.890. The lowest BCUT2D eigenvalue weighted by atomic mass is 9.87. The lowest BCUT2D eigenvalue weighted by Gasteiger charge is -2.27. The van der Waals surface area contributed by atoms with Gasteiger partial charge >= 0.3 is 5.97 Å². The summed E-state index contributed by atoms with van der Waals surface area (Å²) in [7, 11) is 0. The van der Waals surface area contributed by atoms with Gasteiger partial charge in [0.25, 0.3) is 11.8 Å². The minimum Gasteiger partial charge on any atom is -0.454 e. The highest BCUT2D eigenvalue weighted by molar-refractivity contribution is 5.97. The molecule has 1 saturated carbocycles. The Balaban J connectivity index is 1.57. The van der Waals surface area contributed by atoms with E-state index >= 15 is 0 Å². The first-order valence-corrected chi connectivity index (χ1v) is 10.9. The largest absolute Gasteiger partial charge is 0.454 e. The van der Waals surface area contributed by atoms with Crippen LogP contribution in [0.3, 0.4) is 0 Å². The van der Waals surface area contributed by atoms with E-state index in [0.29, 0.717) is 11.5 Å². The van der Waals surface area contributed by atoms with Crippen LogP contribution in [0, 0.1) is 5.92 Å². The summed E-state index contributed by atoms with van der Waals surface area (Å²) < 4.78 is 5.27. The molecule has 1 unspecified atom stereocenters. The molecule has 2 amide bonds. The Bertz CT molecular complexity index is 862. The first-order valence-electron chi connectivity index (χ1n) is 10.9. The smallest absolute Gasteiger partial charge is 0.329 e. The number of hydrogen-bond donors (Lipinski definition) is 2. The van der Waals surface area contributed by atoms with Crippen LogP contribution in [0.4, 0.5) is 0 Å². The normalized spacial score (nSPS) is 19.1. The van der Waals surface area contributed by atoms with Crippen LogP contribution in [0.1, 0.15) is 48.5 Å². The molecule has 6 heteroatoms. The summed E-state index contributed by atoms with van der Waals surface area (Å²) in [5.74, 6) is -0.599. The van der Waals surface area contributed by atoms with Gasteiger partial charge in [-0.2, -0.15) is 0 Å². The van der Waals surface area contributed by atoms with E-state index in [9.17, 15) is 14.4 Å². The summed E-state index contributed by atoms with van der Waals surface area (Å²) in [5.41, 5.74) is 1.34. The average Bonchev–Trinajstić information content (AvgIpc) is 2.80. The van der Waals surface area contributed by atoms with Crippen molar-refractivity contribution in [3.8, 4) is 0 Å². The second-order valence-electron chi connectivity index (χ2n) is 8.21. The zero-order valence-corrected chi connectivity index (χ0v) is 17.9. The van der Waals surface area contributed by atoms with Crippen LogP contribution >= 0.6 is 0 Å². The number of amides is 2. The van der Waals surface area contributed by atoms with Crippen molar-refractivity contribution in [2.24, 2.45) is 5.92 Å². The molecule has 2 aromatic carbocycles. The quantitative estimate of drug-likeness (QED) is 0.640. The van der Waals surface area contributed by atoms with E-state index in [2.05, 4.69) is 17.6 Å². The van der Waals surface area contributed by atoms with Crippen molar-refractivity contribution in [3.63, 3.8) is 0 Å². The monoisotopic (exact) mass is 422 g/mol. The van der Waals surface area contributed by atoms with Crippen LogP contribution in [-0.4, -0.2) is 36.5 Å². The van der Waals surface area contributed by atoms with E-state index in [0.717, 1.165) is 31.2 Å². The molecule has 1 aliphatic rings. The average molecular weight is 423 g/mol. The van der Waals surface area contributed by atoms with E-state index in [1.807, 2.05) is 36.4 Å². The van der Waals surface area contributed by atoms with Gasteiger partial charge in [-0.1, -0.05) is 55.5 Å². The molecule has 0 bridgehead atoms. The van der Waals surface area contributed by atoms with Crippen LogP contribution in [0.5, 0.6) is 0 Å². The molecule has 1 aliphatic carbocycles. The number of hydrogen-bond acceptors (Lipinski definition) is 4. The second kappa shape index (κ2) is 11.3. The van der Waals surface area contributed by atoms with Crippen molar-refractivity contribution < 1.29 is 19.1 Å². The topological polar surface area (TPSA) is 84.5 Å². The van der Waals surface area contributed by atoms with Gasteiger partial charge in [-0.3, -0.25) is 9.59 Å². The third kappa shape index (κ3) is 7.24. The van der Waals surface area contributed by atoms with Crippen molar-refractivity contribution in [1.82, 2.24) is 10.6 Å². The van der Waals surface area contributed by atoms with E-state index in [1.165, 1.54) is 0 Å². The van der Waals surface area contributed by atoms with Gasteiger partial charge in [-0.15, -0.1) is 0 Å². The van der Waals surface area contributed by atoms with E-state index in [-0.39, 0.29) is 30.9 Å². The molecule has 0 radical (unpaired) electrons. The Labute approximate surface area is 183 Å². The number of benzene rings is 2. The lowest BCUT2D eigenvalue weighted by molar-refractivity contribution is -0.150. The van der Waals surface area contributed by atoms with Gasteiger partial charge in [0.05, 0.1) is 0 Å². The molecule has 0 aliphatic heterocycles. The number of carbonyl (C=O) groups is 3. The Morgan fingerprint density at radius 2 is 1.55 bits per heavy atom. The maximum absolute atomic E-state index is 12.7. The van der Waals surface area contributed by atoms with E-state index in [4.69, 9.17) is 4.74 Å². The van der Waals surface area contributed by atoms with Crippen molar-refractivity contribution in [3.05, 3.63) is 71.8 Å². The summed E-state index contributed by atoms with van der Waals surface area (Å²) in [6, 6.07) is 17.3. The highest BCUT2D eigenvalue weighted by atomic mass is 16.5. The third-order valence-corrected chi connectivity index (χ3v) is 5.63. The summed E-state index contributed by atoms with van der Waals surface area (Å²) in [4.78, 5) is 37.6. The molecule has 2 aromatic rings. The summed E-state index contributed by atoms with van der Waals surface area (Å²) in [5, 5.41) is 5.69. The summed E-state index contributed by atoms with van der Waals surface area (Å²) in [6.07, 6.45) is 4.36. The molecular weight excluding hydrogens is 392 g/mol. The Morgan fingerprint density at radius 1 is 0.935 bits per heavy atom. The summed E-state index contributed by atoms with van der Waals surface area (Å²) in [6.45, 7) is 1.87. The fourth-order valence-electron chi connectivity index (χ4n) is 3.79. The molecular formula is C25H30N2O4. The zero-order chi connectivity index (χ0) is 22.1. The molecule has 6 nitrogen and oxygen atoms in total. The minimum absolute atomic E-state index is 0.139. The molecule has 1 atom stereocenters. The highest BCUT2D eigenvalue weighted by Crippen LogP contribution is 2.23. The molecule has 31 heavy (non-hydrogen) atoms. The van der Waals surface area contributed by atoms with Gasteiger partial charge in [-0.05, 0) is 49.3 Å². The first kappa shape index (κ1) is 22.5. The number of nitrogens with one attached hydrogen (secondary N) is 2. The number of esters is 1. The first-order chi connectivity index (χ1) is 15.0. The Hall–Kier alpha value is -3.15. The molecule has 3 rings (SSSR count). The van der Waals surface area contributed by atoms with Crippen LogP contribution in [0.15, 0.2) is 60.7 Å². The van der Waals surface area contributed by atoms with E-state index in [1.54, 1.807) is 24.3 Å². The molecule has 0 spiro atoms. The Morgan fingerprint density at radius 3 is 2.19 bits per heavy atom. The number of ether oxygens (including phenoxy) is 1.